The van der Waals surface area contributed by atoms with E-state index in [1.54, 1.807) is 7.05 Å². The lowest BCUT2D eigenvalue weighted by atomic mass is 9.69. The van der Waals surface area contributed by atoms with Crippen molar-refractivity contribution < 1.29 is 8.78 Å². The largest absolute Gasteiger partial charge is 0.310 e. The number of nitrogens with one attached hydrogen (secondary N) is 1. The molecule has 1 aromatic rings. The average molecular weight is 276 g/mol. The van der Waals surface area contributed by atoms with Crippen LogP contribution in [0.4, 0.5) is 8.78 Å². The van der Waals surface area contributed by atoms with Crippen LogP contribution in [0.1, 0.15) is 18.4 Å². The summed E-state index contributed by atoms with van der Waals surface area (Å²) < 4.78 is 26.8. The van der Waals surface area contributed by atoms with Crippen LogP contribution in [-0.2, 0) is 5.54 Å². The lowest BCUT2D eigenvalue weighted by Gasteiger charge is -2.47. The zero-order valence-electron chi connectivity index (χ0n) is 8.36. The van der Waals surface area contributed by atoms with Gasteiger partial charge in [-0.1, -0.05) is 28.1 Å². The van der Waals surface area contributed by atoms with Gasteiger partial charge in [0.15, 0.2) is 0 Å². The van der Waals surface area contributed by atoms with E-state index in [0.717, 1.165) is 10.0 Å². The first-order valence-corrected chi connectivity index (χ1v) is 5.60. The van der Waals surface area contributed by atoms with E-state index in [1.165, 1.54) is 0 Å². The fraction of sp³-hybridized carbons (Fsp3) is 0.455. The molecule has 0 atom stereocenters. The number of hydrogen-bond acceptors (Lipinski definition) is 1. The number of benzene rings is 1. The van der Waals surface area contributed by atoms with Crippen LogP contribution < -0.4 is 5.32 Å². The fourth-order valence-electron chi connectivity index (χ4n) is 2.14. The van der Waals surface area contributed by atoms with Gasteiger partial charge in [-0.05, 0) is 24.7 Å². The first-order chi connectivity index (χ1) is 6.97. The van der Waals surface area contributed by atoms with Gasteiger partial charge >= 0.3 is 0 Å². The Labute approximate surface area is 96.0 Å². The van der Waals surface area contributed by atoms with Crippen molar-refractivity contribution in [2.24, 2.45) is 0 Å². The van der Waals surface area contributed by atoms with Crippen molar-refractivity contribution >= 4 is 15.9 Å². The summed E-state index contributed by atoms with van der Waals surface area (Å²) in [6.07, 6.45) is -0.236. The molecule has 82 valence electrons. The second kappa shape index (κ2) is 3.52. The fourth-order valence-corrected chi connectivity index (χ4v) is 2.54. The summed E-state index contributed by atoms with van der Waals surface area (Å²) in [7, 11) is 1.73. The molecule has 1 nitrogen and oxygen atoms in total. The van der Waals surface area contributed by atoms with Gasteiger partial charge in [0, 0.05) is 17.3 Å². The maximum atomic E-state index is 13.0. The Bertz CT molecular complexity index is 371. The van der Waals surface area contributed by atoms with Crippen LogP contribution in [-0.4, -0.2) is 13.0 Å². The van der Waals surface area contributed by atoms with E-state index in [9.17, 15) is 8.78 Å². The third kappa shape index (κ3) is 1.93. The molecule has 0 aliphatic heterocycles. The van der Waals surface area contributed by atoms with Crippen molar-refractivity contribution in [1.82, 2.24) is 5.32 Å². The number of rotatable bonds is 2. The Morgan fingerprint density at radius 3 is 2.47 bits per heavy atom. The minimum Gasteiger partial charge on any atom is -0.310 e. The smallest absolute Gasteiger partial charge is 0.252 e. The zero-order valence-corrected chi connectivity index (χ0v) is 9.94. The highest BCUT2D eigenvalue weighted by molar-refractivity contribution is 9.10. The second-order valence-corrected chi connectivity index (χ2v) is 4.97. The molecule has 0 heterocycles. The predicted molar refractivity (Wildman–Crippen MR) is 59.1 cm³/mol. The zero-order chi connectivity index (χ0) is 11.1. The minimum atomic E-state index is -2.52. The monoisotopic (exact) mass is 275 g/mol. The van der Waals surface area contributed by atoms with Crippen LogP contribution in [0.25, 0.3) is 0 Å². The van der Waals surface area contributed by atoms with Crippen LogP contribution in [0.15, 0.2) is 28.7 Å². The topological polar surface area (TPSA) is 12.0 Å². The standard InChI is InChI=1S/C11H12BrF2N/c1-15-10(6-11(13,14)7-10)8-3-2-4-9(12)5-8/h2-5,15H,6-7H2,1H3. The molecule has 1 N–H and O–H groups in total. The predicted octanol–water partition coefficient (Wildman–Crippen LogP) is 3.29. The summed E-state index contributed by atoms with van der Waals surface area (Å²) in [4.78, 5) is 0. The van der Waals surface area contributed by atoms with Crippen LogP contribution in [0.2, 0.25) is 0 Å². The Morgan fingerprint density at radius 1 is 1.33 bits per heavy atom. The van der Waals surface area contributed by atoms with E-state index in [0.29, 0.717) is 0 Å². The van der Waals surface area contributed by atoms with Gasteiger partial charge in [0.05, 0.1) is 5.54 Å². The van der Waals surface area contributed by atoms with Crippen molar-refractivity contribution in [2.75, 3.05) is 7.05 Å². The average Bonchev–Trinajstić information content (AvgIpc) is 2.13. The molecule has 1 aromatic carbocycles. The Morgan fingerprint density at radius 2 is 2.00 bits per heavy atom. The molecule has 0 spiro atoms. The summed E-state index contributed by atoms with van der Waals surface area (Å²) in [6.45, 7) is 0. The molecule has 1 aliphatic rings. The molecule has 0 aromatic heterocycles. The summed E-state index contributed by atoms with van der Waals surface area (Å²) in [5.74, 6) is -2.52. The lowest BCUT2D eigenvalue weighted by molar-refractivity contribution is -0.135. The van der Waals surface area contributed by atoms with E-state index in [-0.39, 0.29) is 12.8 Å². The van der Waals surface area contributed by atoms with Gasteiger partial charge in [0.2, 0.25) is 0 Å². The van der Waals surface area contributed by atoms with Crippen molar-refractivity contribution in [3.8, 4) is 0 Å². The molecule has 0 radical (unpaired) electrons. The van der Waals surface area contributed by atoms with Crippen LogP contribution in [0, 0.1) is 0 Å². The van der Waals surface area contributed by atoms with E-state index >= 15 is 0 Å². The maximum absolute atomic E-state index is 13.0. The molecule has 1 fully saturated rings. The van der Waals surface area contributed by atoms with Gasteiger partial charge in [-0.15, -0.1) is 0 Å². The molecule has 0 unspecified atom stereocenters. The first kappa shape index (κ1) is 11.0. The van der Waals surface area contributed by atoms with Crippen molar-refractivity contribution in [2.45, 2.75) is 24.3 Å². The lowest BCUT2D eigenvalue weighted by Crippen LogP contribution is -2.57. The van der Waals surface area contributed by atoms with Gasteiger partial charge in [-0.25, -0.2) is 8.78 Å². The first-order valence-electron chi connectivity index (χ1n) is 4.80. The third-order valence-corrected chi connectivity index (χ3v) is 3.47. The molecular formula is C11H12BrF2N. The maximum Gasteiger partial charge on any atom is 0.252 e. The van der Waals surface area contributed by atoms with Crippen LogP contribution in [0.5, 0.6) is 0 Å². The van der Waals surface area contributed by atoms with Gasteiger partial charge < -0.3 is 5.32 Å². The Balaban J connectivity index is 2.29. The summed E-state index contributed by atoms with van der Waals surface area (Å²) in [5, 5.41) is 3.01. The van der Waals surface area contributed by atoms with E-state index in [2.05, 4.69) is 21.2 Å². The molecule has 4 heteroatoms. The van der Waals surface area contributed by atoms with E-state index in [1.807, 2.05) is 24.3 Å². The summed E-state index contributed by atoms with van der Waals surface area (Å²) >= 11 is 3.35. The van der Waals surface area contributed by atoms with Crippen molar-refractivity contribution in [3.63, 3.8) is 0 Å². The van der Waals surface area contributed by atoms with Crippen LogP contribution in [0.3, 0.4) is 0 Å². The van der Waals surface area contributed by atoms with E-state index < -0.39 is 11.5 Å². The van der Waals surface area contributed by atoms with Gasteiger partial charge in [-0.3, -0.25) is 0 Å². The SMILES string of the molecule is CNC1(c2cccc(Br)c2)CC(F)(F)C1. The van der Waals surface area contributed by atoms with Gasteiger partial charge in [-0.2, -0.15) is 0 Å². The number of hydrogen-bond donors (Lipinski definition) is 1. The molecule has 0 saturated heterocycles. The van der Waals surface area contributed by atoms with Gasteiger partial charge in [0.25, 0.3) is 5.92 Å². The minimum absolute atomic E-state index is 0.118. The Hall–Kier alpha value is -0.480. The molecular weight excluding hydrogens is 264 g/mol. The number of halogens is 3. The van der Waals surface area contributed by atoms with Gasteiger partial charge in [0.1, 0.15) is 0 Å². The number of alkyl halides is 2. The molecule has 0 amide bonds. The van der Waals surface area contributed by atoms with Crippen LogP contribution >= 0.6 is 15.9 Å². The molecule has 2 rings (SSSR count). The quantitative estimate of drug-likeness (QED) is 0.874. The summed E-state index contributed by atoms with van der Waals surface area (Å²) in [6, 6.07) is 7.54. The third-order valence-electron chi connectivity index (χ3n) is 2.98. The molecule has 1 saturated carbocycles. The second-order valence-electron chi connectivity index (χ2n) is 4.05. The summed E-state index contributed by atoms with van der Waals surface area (Å²) in [5.41, 5.74) is 0.373. The van der Waals surface area contributed by atoms with Crippen molar-refractivity contribution in [1.29, 1.82) is 0 Å². The molecule has 0 bridgehead atoms. The highest BCUT2D eigenvalue weighted by Crippen LogP contribution is 2.51. The van der Waals surface area contributed by atoms with E-state index in [4.69, 9.17) is 0 Å². The normalized spacial score (nSPS) is 22.1. The molecule has 1 aliphatic carbocycles. The highest BCUT2D eigenvalue weighted by atomic mass is 79.9. The molecule has 15 heavy (non-hydrogen) atoms. The highest BCUT2D eigenvalue weighted by Gasteiger charge is 2.56. The Kier molecular flexibility index (Phi) is 2.59. The van der Waals surface area contributed by atoms with Crippen molar-refractivity contribution in [3.05, 3.63) is 34.3 Å².